The van der Waals surface area contributed by atoms with Gasteiger partial charge in [0, 0.05) is 12.1 Å². The Morgan fingerprint density at radius 1 is 1.37 bits per heavy atom. The topological polar surface area (TPSA) is 58.4 Å². The predicted molar refractivity (Wildman–Crippen MR) is 77.9 cm³/mol. The number of hydrogen-bond donors (Lipinski definition) is 2. The molecule has 1 heterocycles. The average Bonchev–Trinajstić information content (AvgIpc) is 3.15. The summed E-state index contributed by atoms with van der Waals surface area (Å²) in [6.45, 7) is 6.59. The van der Waals surface area contributed by atoms with E-state index in [9.17, 15) is 4.79 Å². The van der Waals surface area contributed by atoms with Gasteiger partial charge in [0.05, 0.1) is 5.54 Å². The number of rotatable bonds is 7. The highest BCUT2D eigenvalue weighted by molar-refractivity contribution is 5.84. The zero-order valence-electron chi connectivity index (χ0n) is 12.5. The molecule has 3 N–H and O–H groups in total. The fourth-order valence-corrected chi connectivity index (χ4v) is 3.07. The van der Waals surface area contributed by atoms with Crippen molar-refractivity contribution in [3.63, 3.8) is 0 Å². The second kappa shape index (κ2) is 6.23. The number of piperidine rings is 1. The number of hydrogen-bond acceptors (Lipinski definition) is 3. The molecule has 0 radical (unpaired) electrons. The average molecular weight is 267 g/mol. The van der Waals surface area contributed by atoms with Gasteiger partial charge in [-0.2, -0.15) is 0 Å². The Morgan fingerprint density at radius 2 is 2.11 bits per heavy atom. The summed E-state index contributed by atoms with van der Waals surface area (Å²) in [5, 5.41) is 3.42. The summed E-state index contributed by atoms with van der Waals surface area (Å²) < 4.78 is 0. The molecule has 0 aromatic carbocycles. The van der Waals surface area contributed by atoms with Crippen molar-refractivity contribution in [1.82, 2.24) is 10.2 Å². The monoisotopic (exact) mass is 267 g/mol. The van der Waals surface area contributed by atoms with E-state index in [2.05, 4.69) is 17.1 Å². The van der Waals surface area contributed by atoms with E-state index >= 15 is 0 Å². The number of carbonyl (C=O) groups is 1. The summed E-state index contributed by atoms with van der Waals surface area (Å²) in [6.07, 6.45) is 8.26. The number of likely N-dealkylation sites (tertiary alicyclic amines) is 1. The highest BCUT2D eigenvalue weighted by Gasteiger charge is 2.36. The van der Waals surface area contributed by atoms with Crippen molar-refractivity contribution in [2.75, 3.05) is 13.1 Å². The van der Waals surface area contributed by atoms with Crippen molar-refractivity contribution < 1.29 is 4.79 Å². The van der Waals surface area contributed by atoms with Gasteiger partial charge in [0.2, 0.25) is 5.91 Å². The molecule has 2 fully saturated rings. The Labute approximate surface area is 117 Å². The summed E-state index contributed by atoms with van der Waals surface area (Å²) in [7, 11) is 0. The first-order chi connectivity index (χ1) is 9.01. The minimum atomic E-state index is -0.514. The number of primary amides is 1. The van der Waals surface area contributed by atoms with Crippen molar-refractivity contribution in [3.05, 3.63) is 0 Å². The molecule has 0 aromatic heterocycles. The van der Waals surface area contributed by atoms with Crippen LogP contribution in [-0.2, 0) is 4.79 Å². The van der Waals surface area contributed by atoms with Gasteiger partial charge in [-0.3, -0.25) is 4.79 Å². The molecule has 2 rings (SSSR count). The molecule has 1 aliphatic carbocycles. The van der Waals surface area contributed by atoms with Crippen LogP contribution in [0.15, 0.2) is 0 Å². The van der Waals surface area contributed by atoms with E-state index in [1.54, 1.807) is 0 Å². The summed E-state index contributed by atoms with van der Waals surface area (Å²) in [5.74, 6) is -0.203. The number of nitrogens with zero attached hydrogens (tertiary/aromatic N) is 1. The molecule has 19 heavy (non-hydrogen) atoms. The molecule has 2 unspecified atom stereocenters. The van der Waals surface area contributed by atoms with Crippen LogP contribution in [0.5, 0.6) is 0 Å². The smallest absolute Gasteiger partial charge is 0.237 e. The maximum Gasteiger partial charge on any atom is 0.237 e. The number of carbonyl (C=O) groups excluding carboxylic acids is 1. The third-order valence-electron chi connectivity index (χ3n) is 4.71. The normalized spacial score (nSPS) is 28.0. The Balaban J connectivity index is 1.76. The van der Waals surface area contributed by atoms with E-state index in [1.165, 1.54) is 38.6 Å². The fourth-order valence-electron chi connectivity index (χ4n) is 3.07. The molecule has 1 aliphatic heterocycles. The summed E-state index contributed by atoms with van der Waals surface area (Å²) >= 11 is 0. The lowest BCUT2D eigenvalue weighted by molar-refractivity contribution is -0.124. The Bertz CT molecular complexity index is 317. The molecule has 0 spiro atoms. The molecular weight excluding hydrogens is 238 g/mol. The van der Waals surface area contributed by atoms with E-state index in [1.807, 2.05) is 6.92 Å². The largest absolute Gasteiger partial charge is 0.368 e. The number of nitrogens with one attached hydrogen (secondary N) is 1. The van der Waals surface area contributed by atoms with Crippen LogP contribution in [0.1, 0.15) is 58.8 Å². The predicted octanol–water partition coefficient (Wildman–Crippen LogP) is 1.64. The van der Waals surface area contributed by atoms with Crippen LogP contribution in [0.3, 0.4) is 0 Å². The summed E-state index contributed by atoms with van der Waals surface area (Å²) in [6, 6.07) is 1.22. The van der Waals surface area contributed by atoms with Crippen LogP contribution in [0.4, 0.5) is 0 Å². The van der Waals surface area contributed by atoms with Gasteiger partial charge in [-0.15, -0.1) is 0 Å². The van der Waals surface area contributed by atoms with Crippen molar-refractivity contribution in [2.24, 2.45) is 5.73 Å². The van der Waals surface area contributed by atoms with Gasteiger partial charge in [0.25, 0.3) is 0 Å². The van der Waals surface area contributed by atoms with E-state index in [0.717, 1.165) is 19.4 Å². The lowest BCUT2D eigenvalue weighted by Gasteiger charge is -2.34. The number of amides is 1. The SMILES string of the molecule is CC1CCCCN1CCCC(C)(NC1CC1)C(N)=O. The molecule has 2 atom stereocenters. The van der Waals surface area contributed by atoms with Crippen LogP contribution in [0, 0.1) is 0 Å². The Morgan fingerprint density at radius 3 is 2.68 bits per heavy atom. The van der Waals surface area contributed by atoms with Crippen LogP contribution in [-0.4, -0.2) is 41.5 Å². The lowest BCUT2D eigenvalue weighted by Crippen LogP contribution is -2.54. The molecule has 110 valence electrons. The quantitative estimate of drug-likeness (QED) is 0.737. The summed E-state index contributed by atoms with van der Waals surface area (Å²) in [4.78, 5) is 14.2. The van der Waals surface area contributed by atoms with Gasteiger partial charge in [0.15, 0.2) is 0 Å². The first kappa shape index (κ1) is 14.8. The maximum atomic E-state index is 11.7. The molecular formula is C15H29N3O. The van der Waals surface area contributed by atoms with Crippen molar-refractivity contribution in [2.45, 2.75) is 76.4 Å². The summed E-state index contributed by atoms with van der Waals surface area (Å²) in [5.41, 5.74) is 5.06. The van der Waals surface area contributed by atoms with Gasteiger partial charge in [0.1, 0.15) is 0 Å². The molecule has 1 saturated carbocycles. The molecule has 0 aromatic rings. The van der Waals surface area contributed by atoms with Gasteiger partial charge >= 0.3 is 0 Å². The van der Waals surface area contributed by atoms with Gasteiger partial charge in [-0.25, -0.2) is 0 Å². The Kier molecular flexibility index (Phi) is 4.85. The molecule has 1 saturated heterocycles. The third-order valence-corrected chi connectivity index (χ3v) is 4.71. The van der Waals surface area contributed by atoms with Gasteiger partial charge in [-0.1, -0.05) is 6.42 Å². The van der Waals surface area contributed by atoms with E-state index < -0.39 is 5.54 Å². The van der Waals surface area contributed by atoms with E-state index in [4.69, 9.17) is 5.73 Å². The fraction of sp³-hybridized carbons (Fsp3) is 0.933. The van der Waals surface area contributed by atoms with Crippen molar-refractivity contribution in [1.29, 1.82) is 0 Å². The zero-order valence-corrected chi connectivity index (χ0v) is 12.5. The molecule has 4 heteroatoms. The highest BCUT2D eigenvalue weighted by atomic mass is 16.1. The first-order valence-corrected chi connectivity index (χ1v) is 7.83. The van der Waals surface area contributed by atoms with Gasteiger partial charge in [-0.05, 0) is 65.5 Å². The van der Waals surface area contributed by atoms with E-state index in [-0.39, 0.29) is 5.91 Å². The standard InChI is InChI=1S/C15H29N3O/c1-12-6-3-4-10-18(12)11-5-9-15(2,14(16)19)17-13-7-8-13/h12-13,17H,3-11H2,1-2H3,(H2,16,19). The molecule has 2 aliphatic rings. The van der Waals surface area contributed by atoms with Crippen molar-refractivity contribution in [3.8, 4) is 0 Å². The maximum absolute atomic E-state index is 11.7. The zero-order chi connectivity index (χ0) is 13.9. The lowest BCUT2D eigenvalue weighted by atomic mass is 9.94. The van der Waals surface area contributed by atoms with Gasteiger partial charge < -0.3 is 16.0 Å². The molecule has 0 bridgehead atoms. The first-order valence-electron chi connectivity index (χ1n) is 7.83. The highest BCUT2D eigenvalue weighted by Crippen LogP contribution is 2.25. The minimum absolute atomic E-state index is 0.203. The third kappa shape index (κ3) is 4.18. The number of nitrogens with two attached hydrogens (primary N) is 1. The van der Waals surface area contributed by atoms with Crippen LogP contribution in [0.2, 0.25) is 0 Å². The molecule has 4 nitrogen and oxygen atoms in total. The van der Waals surface area contributed by atoms with Crippen molar-refractivity contribution >= 4 is 5.91 Å². The van der Waals surface area contributed by atoms with Crippen LogP contribution < -0.4 is 11.1 Å². The molecule has 1 amide bonds. The second-order valence-electron chi connectivity index (χ2n) is 6.60. The second-order valence-corrected chi connectivity index (χ2v) is 6.60. The van der Waals surface area contributed by atoms with Crippen LogP contribution in [0.25, 0.3) is 0 Å². The van der Waals surface area contributed by atoms with E-state index in [0.29, 0.717) is 12.1 Å². The minimum Gasteiger partial charge on any atom is -0.368 e. The van der Waals surface area contributed by atoms with Crippen LogP contribution >= 0.6 is 0 Å². The Hall–Kier alpha value is -0.610.